The molecule has 89 heavy (non-hydrogen) atoms. The summed E-state index contributed by atoms with van der Waals surface area (Å²) in [7, 11) is 0. The Hall–Kier alpha value is 0. The van der Waals surface area contributed by atoms with Crippen LogP contribution in [0, 0.1) is 145 Å². The maximum absolute atomic E-state index is 2.42. The van der Waals surface area contributed by atoms with Crippen LogP contribution in [0.4, 0.5) is 0 Å². The Morgan fingerprint density at radius 3 is 0.685 bits per heavy atom. The fourth-order valence-corrected chi connectivity index (χ4v) is 18.7. The van der Waals surface area contributed by atoms with E-state index in [-0.39, 0.29) is 0 Å². The molecule has 0 nitrogen and oxygen atoms in total. The molecule has 0 heteroatoms. The van der Waals surface area contributed by atoms with Gasteiger partial charge in [-0.1, -0.05) is 343 Å². The molecule has 11 aliphatic rings. The molecule has 0 N–H and O–H groups in total. The smallest absolute Gasteiger partial charge is 0.0328 e. The van der Waals surface area contributed by atoms with Crippen LogP contribution < -0.4 is 0 Å². The summed E-state index contributed by atoms with van der Waals surface area (Å²) in [5.74, 6) is 18.8. The van der Waals surface area contributed by atoms with Gasteiger partial charge in [-0.3, -0.25) is 0 Å². The largest absolute Gasteiger partial charge is 0.0651 e. The minimum absolute atomic E-state index is 0.653. The lowest BCUT2D eigenvalue weighted by Gasteiger charge is -2.22. The van der Waals surface area contributed by atoms with Crippen molar-refractivity contribution in [3.05, 3.63) is 0 Å². The minimum Gasteiger partial charge on any atom is -0.0651 e. The normalized spacial score (nSPS) is 39.1. The van der Waals surface area contributed by atoms with Crippen LogP contribution in [0.2, 0.25) is 0 Å². The molecule has 11 fully saturated rings. The molecular weight excluding hydrogens is 1070 g/mol. The lowest BCUT2D eigenvalue weighted by molar-refractivity contribution is 0.281. The minimum atomic E-state index is 0.653. The van der Waals surface area contributed by atoms with E-state index < -0.39 is 0 Å². The molecule has 11 aliphatic carbocycles. The molecule has 0 heterocycles. The average Bonchev–Trinajstić information content (AvgIpc) is 4.59. The van der Waals surface area contributed by atoms with E-state index in [4.69, 9.17) is 0 Å². The van der Waals surface area contributed by atoms with Crippen LogP contribution in [0.3, 0.4) is 0 Å². The van der Waals surface area contributed by atoms with Gasteiger partial charge in [0.2, 0.25) is 0 Å². The van der Waals surface area contributed by atoms with Gasteiger partial charge in [-0.15, -0.1) is 0 Å². The van der Waals surface area contributed by atoms with Crippen molar-refractivity contribution in [2.75, 3.05) is 0 Å². The van der Waals surface area contributed by atoms with Crippen LogP contribution >= 0.6 is 0 Å². The van der Waals surface area contributed by atoms with Crippen LogP contribution in [-0.2, 0) is 0 Å². The van der Waals surface area contributed by atoms with E-state index in [1.807, 2.05) is 0 Å². The summed E-state index contributed by atoms with van der Waals surface area (Å²) in [4.78, 5) is 0. The lowest BCUT2D eigenvalue weighted by Crippen LogP contribution is -2.13. The molecule has 0 spiro atoms. The third kappa shape index (κ3) is 34.2. The molecule has 0 saturated heterocycles. The number of hydrogen-bond donors (Lipinski definition) is 0. The van der Waals surface area contributed by atoms with Crippen LogP contribution in [-0.4, -0.2) is 0 Å². The summed E-state index contributed by atoms with van der Waals surface area (Å²) in [5.41, 5.74) is 4.11. The van der Waals surface area contributed by atoms with E-state index in [2.05, 4.69) is 215 Å². The van der Waals surface area contributed by atoms with Crippen molar-refractivity contribution in [1.29, 1.82) is 0 Å². The fourth-order valence-electron chi connectivity index (χ4n) is 18.7. The molecule has 0 amide bonds. The van der Waals surface area contributed by atoms with E-state index in [0.717, 1.165) is 123 Å². The molecule has 0 aromatic carbocycles. The Bertz CT molecular complexity index is 1580. The first-order chi connectivity index (χ1) is 41.1. The van der Waals surface area contributed by atoms with Gasteiger partial charge in [-0.2, -0.15) is 0 Å². The van der Waals surface area contributed by atoms with Gasteiger partial charge < -0.3 is 0 Å². The van der Waals surface area contributed by atoms with Gasteiger partial charge in [-0.25, -0.2) is 0 Å². The maximum atomic E-state index is 2.42. The second-order valence-corrected chi connectivity index (χ2v) is 39.6. The Kier molecular flexibility index (Phi) is 41.0. The highest BCUT2D eigenvalue weighted by Gasteiger charge is 2.35. The predicted octanol–water partition coefficient (Wildman–Crippen LogP) is 31.1. The van der Waals surface area contributed by atoms with Gasteiger partial charge in [-0.05, 0) is 228 Å². The van der Waals surface area contributed by atoms with E-state index in [0.29, 0.717) is 21.7 Å². The highest BCUT2D eigenvalue weighted by atomic mass is 14.4. The second kappa shape index (κ2) is 42.0. The fraction of sp³-hybridized carbons (Fsp3) is 1.00. The monoisotopic (exact) mass is 1250 g/mol. The van der Waals surface area contributed by atoms with E-state index in [1.165, 1.54) is 212 Å². The Morgan fingerprint density at radius 1 is 0.258 bits per heavy atom. The Morgan fingerprint density at radius 2 is 0.584 bits per heavy atom. The van der Waals surface area contributed by atoms with Crippen LogP contribution in [0.25, 0.3) is 0 Å². The third-order valence-electron chi connectivity index (χ3n) is 29.5. The van der Waals surface area contributed by atoms with Gasteiger partial charge >= 0.3 is 0 Å². The molecule has 17 atom stereocenters. The van der Waals surface area contributed by atoms with Crippen molar-refractivity contribution in [3.8, 4) is 0 Å². The molecule has 13 unspecified atom stereocenters. The van der Waals surface area contributed by atoms with Gasteiger partial charge in [0.25, 0.3) is 0 Å². The van der Waals surface area contributed by atoms with Crippen LogP contribution in [0.15, 0.2) is 0 Å². The van der Waals surface area contributed by atoms with E-state index in [9.17, 15) is 0 Å². The first-order valence-electron chi connectivity index (χ1n) is 41.1. The molecule has 11 saturated carbocycles. The number of rotatable bonds is 3. The highest BCUT2D eigenvalue weighted by molar-refractivity contribution is 4.86. The zero-order chi connectivity index (χ0) is 68.3. The predicted molar refractivity (Wildman–Crippen MR) is 409 cm³/mol. The molecule has 0 radical (unpaired) electrons. The molecule has 0 bridgehead atoms. The Balaban J connectivity index is 0.000000490. The molecular formula is C89H178. The average molecular weight is 1250 g/mol. The quantitative estimate of drug-likeness (QED) is 0.264. The van der Waals surface area contributed by atoms with Crippen LogP contribution in [0.5, 0.6) is 0 Å². The Labute approximate surface area is 568 Å². The van der Waals surface area contributed by atoms with Crippen molar-refractivity contribution < 1.29 is 0 Å². The van der Waals surface area contributed by atoms with Crippen molar-refractivity contribution in [2.45, 2.75) is 427 Å². The van der Waals surface area contributed by atoms with Crippen molar-refractivity contribution in [3.63, 3.8) is 0 Å². The first-order valence-corrected chi connectivity index (χ1v) is 41.1. The second-order valence-electron chi connectivity index (χ2n) is 39.6. The van der Waals surface area contributed by atoms with Crippen molar-refractivity contribution >= 4 is 0 Å². The van der Waals surface area contributed by atoms with Crippen molar-refractivity contribution in [1.82, 2.24) is 0 Å². The summed E-state index contributed by atoms with van der Waals surface area (Å²) in [6, 6.07) is 0. The van der Waals surface area contributed by atoms with Crippen LogP contribution in [0.1, 0.15) is 427 Å². The maximum Gasteiger partial charge on any atom is -0.0328 e. The SMILES string of the molecule is CC1CC(C)[C@@H](C)C1.CC1CCC(C)(C)C1.CC1CCC(C)C1C.CC1CCC(C)C1C.CC1CCCC1(C)C.CC1C[C@H](C)C(C)C1C.CCC1(C)CCCC1.CCC1(C)CCCC1.CCC1CCCC1C.C[C@H]1CCC(C)(C)C1.C[C@H]1CCCC1(C)C. The first kappa shape index (κ1) is 87.0. The van der Waals surface area contributed by atoms with Gasteiger partial charge in [0.1, 0.15) is 0 Å². The van der Waals surface area contributed by atoms with E-state index >= 15 is 0 Å². The zero-order valence-electron chi connectivity index (χ0n) is 68.3. The molecule has 0 aliphatic heterocycles. The lowest BCUT2D eigenvalue weighted by atomic mass is 9.83. The zero-order valence-corrected chi connectivity index (χ0v) is 68.3. The molecule has 0 aromatic rings. The van der Waals surface area contributed by atoms with Gasteiger partial charge in [0, 0.05) is 0 Å². The molecule has 534 valence electrons. The standard InChI is InChI=1S/C9H18.10C8H16/c1-6-5-7(2)9(4)8(6)3;1-6-4-7(2)8(3)5-6;2*1-7-4-5-8(2,3)6-7;2*1-7-5-4-6-8(7,2)3;2*1-6-4-5-7(2)8(6)3;2*1-3-8(2)6-4-5-7-8;1-3-8-6-4-5-7(8)2/h6-9H,5H2,1-4H3;6-8H,4-5H2,1-3H3;4*7H,4-6H2,1-3H3;2*6-8H,4-5H2,1-3H3;2*3-7H2,1-2H3;7-8H,3-6H2,1-2H3/t6-,7?,8?,9?;6?,7-,8?;7-;;7-;;;;;;/m000.0....../s1. The van der Waals surface area contributed by atoms with Gasteiger partial charge in [0.15, 0.2) is 0 Å². The number of hydrogen-bond acceptors (Lipinski definition) is 0. The summed E-state index contributed by atoms with van der Waals surface area (Å²) in [6.07, 6.45) is 48.0. The summed E-state index contributed by atoms with van der Waals surface area (Å²) < 4.78 is 0. The molecule has 0 aromatic heterocycles. The summed E-state index contributed by atoms with van der Waals surface area (Å²) >= 11 is 0. The summed E-state index contributed by atoms with van der Waals surface area (Å²) in [6.45, 7) is 73.5. The molecule has 11 rings (SSSR count). The summed E-state index contributed by atoms with van der Waals surface area (Å²) in [5, 5.41) is 0. The highest BCUT2D eigenvalue weighted by Crippen LogP contribution is 2.46. The topological polar surface area (TPSA) is 0 Å². The third-order valence-corrected chi connectivity index (χ3v) is 29.5. The van der Waals surface area contributed by atoms with Gasteiger partial charge in [0.05, 0.1) is 0 Å². The van der Waals surface area contributed by atoms with E-state index in [1.54, 1.807) is 0 Å². The van der Waals surface area contributed by atoms with Crippen molar-refractivity contribution in [2.24, 2.45) is 145 Å².